The zero-order chi connectivity index (χ0) is 22.9. The number of ether oxygens (including phenoxy) is 1. The van der Waals surface area contributed by atoms with E-state index in [2.05, 4.69) is 20.0 Å². The van der Waals surface area contributed by atoms with Crippen molar-refractivity contribution in [2.45, 2.75) is 6.92 Å². The van der Waals surface area contributed by atoms with Crippen molar-refractivity contribution in [1.29, 1.82) is 0 Å². The Bertz CT molecular complexity index is 1310. The van der Waals surface area contributed by atoms with Gasteiger partial charge in [-0.25, -0.2) is 4.98 Å². The number of hydrogen-bond acceptors (Lipinski definition) is 7. The number of rotatable bonds is 4. The van der Waals surface area contributed by atoms with Crippen molar-refractivity contribution in [1.82, 2.24) is 29.6 Å². The first-order valence-electron chi connectivity index (χ1n) is 10.8. The Labute approximate surface area is 191 Å². The fraction of sp³-hybridized carbons (Fsp3) is 0.292. The van der Waals surface area contributed by atoms with Crippen LogP contribution in [-0.4, -0.2) is 68.8 Å². The van der Waals surface area contributed by atoms with Crippen molar-refractivity contribution in [3.63, 3.8) is 0 Å². The van der Waals surface area contributed by atoms with Crippen molar-refractivity contribution in [3.05, 3.63) is 60.0 Å². The molecular weight excluding hydrogens is 418 g/mol. The van der Waals surface area contributed by atoms with E-state index in [-0.39, 0.29) is 5.91 Å². The maximum absolute atomic E-state index is 13.7. The van der Waals surface area contributed by atoms with Gasteiger partial charge in [-0.1, -0.05) is 30.3 Å². The van der Waals surface area contributed by atoms with Gasteiger partial charge in [0, 0.05) is 38.8 Å². The van der Waals surface area contributed by atoms with E-state index < -0.39 is 0 Å². The number of fused-ring (bicyclic) bond motifs is 1. The van der Waals surface area contributed by atoms with Crippen LogP contribution in [0, 0.1) is 6.92 Å². The first-order chi connectivity index (χ1) is 16.0. The molecule has 0 atom stereocenters. The Morgan fingerprint density at radius 3 is 2.52 bits per heavy atom. The van der Waals surface area contributed by atoms with E-state index in [4.69, 9.17) is 9.72 Å². The second-order valence-corrected chi connectivity index (χ2v) is 8.03. The van der Waals surface area contributed by atoms with Crippen molar-refractivity contribution >= 4 is 22.8 Å². The molecule has 1 aliphatic heterocycles. The van der Waals surface area contributed by atoms with Crippen molar-refractivity contribution in [2.75, 3.05) is 38.2 Å². The van der Waals surface area contributed by atoms with Crippen LogP contribution in [0.1, 0.15) is 16.1 Å². The number of hydrogen-bond donors (Lipinski definition) is 0. The normalized spacial score (nSPS) is 14.0. The lowest BCUT2D eigenvalue weighted by Gasteiger charge is -2.35. The molecule has 0 spiro atoms. The number of amides is 1. The molecule has 33 heavy (non-hydrogen) atoms. The van der Waals surface area contributed by atoms with E-state index in [1.54, 1.807) is 24.2 Å². The van der Waals surface area contributed by atoms with E-state index in [9.17, 15) is 4.79 Å². The molecule has 0 aliphatic carbocycles. The molecule has 1 fully saturated rings. The molecule has 5 rings (SSSR count). The lowest BCUT2D eigenvalue weighted by Crippen LogP contribution is -2.49. The maximum atomic E-state index is 13.7. The largest absolute Gasteiger partial charge is 0.480 e. The first-order valence-corrected chi connectivity index (χ1v) is 10.8. The Kier molecular flexibility index (Phi) is 5.37. The van der Waals surface area contributed by atoms with Gasteiger partial charge in [0.25, 0.3) is 5.91 Å². The fourth-order valence-electron chi connectivity index (χ4n) is 4.27. The van der Waals surface area contributed by atoms with E-state index >= 15 is 0 Å². The molecule has 9 heteroatoms. The molecule has 4 aromatic rings. The predicted molar refractivity (Wildman–Crippen MR) is 125 cm³/mol. The minimum atomic E-state index is -0.00735. The third kappa shape index (κ3) is 3.86. The summed E-state index contributed by atoms with van der Waals surface area (Å²) in [6, 6.07) is 11.8. The van der Waals surface area contributed by atoms with Gasteiger partial charge in [-0.3, -0.25) is 14.5 Å². The van der Waals surface area contributed by atoms with E-state index in [1.807, 2.05) is 55.3 Å². The van der Waals surface area contributed by atoms with Crippen LogP contribution in [0.5, 0.6) is 5.88 Å². The number of carbonyl (C=O) groups is 1. The molecule has 0 radical (unpaired) electrons. The van der Waals surface area contributed by atoms with Gasteiger partial charge in [0.2, 0.25) is 5.88 Å². The summed E-state index contributed by atoms with van der Waals surface area (Å²) in [5.41, 5.74) is 3.88. The summed E-state index contributed by atoms with van der Waals surface area (Å²) in [6.07, 6.45) is 3.30. The van der Waals surface area contributed by atoms with Crippen LogP contribution in [0.3, 0.4) is 0 Å². The molecule has 0 saturated carbocycles. The van der Waals surface area contributed by atoms with Crippen molar-refractivity contribution in [3.8, 4) is 17.1 Å². The van der Waals surface area contributed by atoms with Gasteiger partial charge >= 0.3 is 0 Å². The van der Waals surface area contributed by atoms with Crippen LogP contribution in [-0.2, 0) is 7.05 Å². The Morgan fingerprint density at radius 2 is 1.79 bits per heavy atom. The molecule has 0 bridgehead atoms. The summed E-state index contributed by atoms with van der Waals surface area (Å²) in [5.74, 6) is 1.22. The molecule has 0 N–H and O–H groups in total. The van der Waals surface area contributed by atoms with Gasteiger partial charge < -0.3 is 14.5 Å². The van der Waals surface area contributed by atoms with Crippen LogP contribution in [0.2, 0.25) is 0 Å². The molecule has 3 aromatic heterocycles. The lowest BCUT2D eigenvalue weighted by molar-refractivity contribution is 0.0748. The molecule has 9 nitrogen and oxygen atoms in total. The molecule has 4 heterocycles. The zero-order valence-electron chi connectivity index (χ0n) is 18.9. The van der Waals surface area contributed by atoms with Crippen molar-refractivity contribution < 1.29 is 9.53 Å². The Hall–Kier alpha value is -4.01. The monoisotopic (exact) mass is 443 g/mol. The Balaban J connectivity index is 1.45. The summed E-state index contributed by atoms with van der Waals surface area (Å²) < 4.78 is 6.93. The highest BCUT2D eigenvalue weighted by Gasteiger charge is 2.27. The van der Waals surface area contributed by atoms with Crippen LogP contribution < -0.4 is 9.64 Å². The average molecular weight is 444 g/mol. The lowest BCUT2D eigenvalue weighted by atomic mass is 10.0. The van der Waals surface area contributed by atoms with Gasteiger partial charge in [-0.05, 0) is 13.0 Å². The van der Waals surface area contributed by atoms with Crippen LogP contribution in [0.25, 0.3) is 22.3 Å². The highest BCUT2D eigenvalue weighted by molar-refractivity contribution is 6.07. The zero-order valence-corrected chi connectivity index (χ0v) is 18.9. The molecule has 1 aromatic carbocycles. The second-order valence-electron chi connectivity index (χ2n) is 8.03. The topological polar surface area (TPSA) is 89.3 Å². The first kappa shape index (κ1) is 20.9. The summed E-state index contributed by atoms with van der Waals surface area (Å²) >= 11 is 0. The molecule has 0 unspecified atom stereocenters. The van der Waals surface area contributed by atoms with Gasteiger partial charge in [-0.2, -0.15) is 10.1 Å². The fourth-order valence-corrected chi connectivity index (χ4v) is 4.27. The van der Waals surface area contributed by atoms with Gasteiger partial charge in [0.1, 0.15) is 0 Å². The number of anilines is 1. The quantitative estimate of drug-likeness (QED) is 0.479. The average Bonchev–Trinajstić information content (AvgIpc) is 3.17. The molecule has 1 saturated heterocycles. The number of carbonyl (C=O) groups excluding carboxylic acids is 1. The Morgan fingerprint density at radius 1 is 1.03 bits per heavy atom. The number of nitrogens with zero attached hydrogens (tertiary/aromatic N) is 7. The second kappa shape index (κ2) is 8.50. The summed E-state index contributed by atoms with van der Waals surface area (Å²) in [4.78, 5) is 31.2. The van der Waals surface area contributed by atoms with E-state index in [0.717, 1.165) is 28.2 Å². The maximum Gasteiger partial charge on any atom is 0.254 e. The van der Waals surface area contributed by atoms with Crippen LogP contribution >= 0.6 is 0 Å². The number of piperazine rings is 1. The minimum Gasteiger partial charge on any atom is -0.480 e. The van der Waals surface area contributed by atoms with Crippen molar-refractivity contribution in [2.24, 2.45) is 7.05 Å². The number of methoxy groups -OCH3 is 1. The van der Waals surface area contributed by atoms with Gasteiger partial charge in [0.15, 0.2) is 11.5 Å². The number of pyridine rings is 1. The summed E-state index contributed by atoms with van der Waals surface area (Å²) in [7, 11) is 3.43. The third-order valence-electron chi connectivity index (χ3n) is 5.97. The van der Waals surface area contributed by atoms with Crippen LogP contribution in [0.4, 0.5) is 5.82 Å². The standard InChI is InChI=1S/C24H25N7O2/c1-16-22-18(13-19(17-7-5-4-6-8-17)26-23(22)29(2)28-16)24(32)31-11-9-30(10-12-31)20-14-25-15-21(27-20)33-3/h4-8,13-15H,9-12H2,1-3H3. The summed E-state index contributed by atoms with van der Waals surface area (Å²) in [6.45, 7) is 4.42. The smallest absolute Gasteiger partial charge is 0.254 e. The van der Waals surface area contributed by atoms with E-state index in [0.29, 0.717) is 43.3 Å². The number of aryl methyl sites for hydroxylation is 2. The molecular formula is C24H25N7O2. The molecule has 1 aliphatic rings. The minimum absolute atomic E-state index is 0.00735. The SMILES string of the molecule is COc1cncc(N2CCN(C(=O)c3cc(-c4ccccc4)nc4c3c(C)nn4C)CC2)n1. The highest BCUT2D eigenvalue weighted by Crippen LogP contribution is 2.28. The predicted octanol–water partition coefficient (Wildman–Crippen LogP) is 2.70. The number of aromatic nitrogens is 5. The van der Waals surface area contributed by atoms with E-state index in [1.165, 1.54) is 0 Å². The van der Waals surface area contributed by atoms with Gasteiger partial charge in [-0.15, -0.1) is 0 Å². The highest BCUT2D eigenvalue weighted by atomic mass is 16.5. The molecule has 168 valence electrons. The van der Waals surface area contributed by atoms with Crippen LogP contribution in [0.15, 0.2) is 48.8 Å². The summed E-state index contributed by atoms with van der Waals surface area (Å²) in [5, 5.41) is 5.34. The number of benzene rings is 1. The van der Waals surface area contributed by atoms with Gasteiger partial charge in [0.05, 0.1) is 41.8 Å². The third-order valence-corrected chi connectivity index (χ3v) is 5.97. The molecule has 1 amide bonds.